The van der Waals surface area contributed by atoms with Crippen LogP contribution in [-0.2, 0) is 6.54 Å². The van der Waals surface area contributed by atoms with Gasteiger partial charge in [0.25, 0.3) is 5.82 Å². The molecular formula is C14H17N5. The van der Waals surface area contributed by atoms with Crippen LogP contribution in [0.1, 0.15) is 30.3 Å². The molecule has 1 N–H and O–H groups in total. The van der Waals surface area contributed by atoms with Crippen LogP contribution in [0.5, 0.6) is 0 Å². The van der Waals surface area contributed by atoms with Gasteiger partial charge in [-0.05, 0) is 37.1 Å². The van der Waals surface area contributed by atoms with E-state index >= 15 is 0 Å². The maximum absolute atomic E-state index is 8.74. The van der Waals surface area contributed by atoms with E-state index in [2.05, 4.69) is 34.5 Å². The summed E-state index contributed by atoms with van der Waals surface area (Å²) in [6, 6.07) is 8.14. The topological polar surface area (TPSA) is 66.5 Å². The molecule has 0 atom stereocenters. The van der Waals surface area contributed by atoms with Crippen molar-refractivity contribution in [3.63, 3.8) is 0 Å². The highest BCUT2D eigenvalue weighted by atomic mass is 15.3. The first-order valence-corrected chi connectivity index (χ1v) is 6.37. The number of nitrogens with one attached hydrogen (secondary N) is 1. The van der Waals surface area contributed by atoms with Crippen molar-refractivity contribution in [2.75, 3.05) is 6.54 Å². The van der Waals surface area contributed by atoms with Crippen LogP contribution in [0, 0.1) is 18.3 Å². The molecule has 98 valence electrons. The number of hydrogen-bond acceptors (Lipinski definition) is 4. The molecule has 1 heterocycles. The van der Waals surface area contributed by atoms with E-state index in [1.165, 1.54) is 5.56 Å². The predicted molar refractivity (Wildman–Crippen MR) is 72.8 cm³/mol. The van der Waals surface area contributed by atoms with Crippen molar-refractivity contribution in [3.8, 4) is 11.8 Å². The Balaban J connectivity index is 2.17. The second-order valence-electron chi connectivity index (χ2n) is 4.42. The Hall–Kier alpha value is -2.19. The van der Waals surface area contributed by atoms with E-state index in [0.717, 1.165) is 30.8 Å². The molecule has 0 radical (unpaired) electrons. The van der Waals surface area contributed by atoms with E-state index in [1.54, 1.807) is 11.0 Å². The summed E-state index contributed by atoms with van der Waals surface area (Å²) in [4.78, 5) is 3.91. The number of aromatic nitrogens is 3. The summed E-state index contributed by atoms with van der Waals surface area (Å²) in [6.45, 7) is 6.08. The van der Waals surface area contributed by atoms with Crippen LogP contribution in [0.25, 0.3) is 5.69 Å². The Labute approximate surface area is 112 Å². The van der Waals surface area contributed by atoms with Crippen molar-refractivity contribution < 1.29 is 0 Å². The van der Waals surface area contributed by atoms with Crippen LogP contribution >= 0.6 is 0 Å². The molecule has 0 aliphatic rings. The lowest BCUT2D eigenvalue weighted by molar-refractivity contribution is 0.675. The average Bonchev–Trinajstić information content (AvgIpc) is 2.88. The van der Waals surface area contributed by atoms with Crippen LogP contribution in [0.2, 0.25) is 0 Å². The van der Waals surface area contributed by atoms with Crippen LogP contribution in [0.3, 0.4) is 0 Å². The highest BCUT2D eigenvalue weighted by Crippen LogP contribution is 2.15. The van der Waals surface area contributed by atoms with Crippen molar-refractivity contribution in [1.29, 1.82) is 5.26 Å². The molecule has 0 aliphatic carbocycles. The number of nitriles is 1. The smallest absolute Gasteiger partial charge is 0.252 e. The third kappa shape index (κ3) is 3.18. The van der Waals surface area contributed by atoms with E-state index in [0.29, 0.717) is 0 Å². The van der Waals surface area contributed by atoms with E-state index in [-0.39, 0.29) is 5.82 Å². The van der Waals surface area contributed by atoms with Gasteiger partial charge in [-0.3, -0.25) is 0 Å². The normalized spacial score (nSPS) is 10.4. The summed E-state index contributed by atoms with van der Waals surface area (Å²) < 4.78 is 1.64. The molecule has 5 nitrogen and oxygen atoms in total. The summed E-state index contributed by atoms with van der Waals surface area (Å²) in [5.74, 6) is 0.188. The maximum Gasteiger partial charge on any atom is 0.252 e. The molecule has 2 aromatic rings. The molecule has 1 aromatic carbocycles. The van der Waals surface area contributed by atoms with Crippen LogP contribution < -0.4 is 5.32 Å². The molecule has 0 unspecified atom stereocenters. The fraction of sp³-hybridized carbons (Fsp3) is 0.357. The van der Waals surface area contributed by atoms with Gasteiger partial charge in [-0.15, -0.1) is 5.10 Å². The van der Waals surface area contributed by atoms with Gasteiger partial charge in [-0.2, -0.15) is 5.26 Å². The SMILES string of the molecule is CCCNCc1ccc(-n2cnc(C#N)n2)c(C)c1. The lowest BCUT2D eigenvalue weighted by atomic mass is 10.1. The van der Waals surface area contributed by atoms with Gasteiger partial charge in [0.1, 0.15) is 12.4 Å². The van der Waals surface area contributed by atoms with Crippen molar-refractivity contribution in [2.24, 2.45) is 0 Å². The van der Waals surface area contributed by atoms with E-state index < -0.39 is 0 Å². The second kappa shape index (κ2) is 6.12. The van der Waals surface area contributed by atoms with Gasteiger partial charge in [-0.25, -0.2) is 9.67 Å². The van der Waals surface area contributed by atoms with Crippen LogP contribution in [0.15, 0.2) is 24.5 Å². The molecule has 0 saturated heterocycles. The minimum Gasteiger partial charge on any atom is -0.313 e. The van der Waals surface area contributed by atoms with Gasteiger partial charge in [0.15, 0.2) is 0 Å². The monoisotopic (exact) mass is 255 g/mol. The fourth-order valence-electron chi connectivity index (χ4n) is 1.92. The zero-order chi connectivity index (χ0) is 13.7. The summed E-state index contributed by atoms with van der Waals surface area (Å²) in [7, 11) is 0. The van der Waals surface area contributed by atoms with Crippen molar-refractivity contribution in [2.45, 2.75) is 26.8 Å². The van der Waals surface area contributed by atoms with Gasteiger partial charge in [0, 0.05) is 6.54 Å². The molecule has 0 aliphatic heterocycles. The molecular weight excluding hydrogens is 238 g/mol. The minimum atomic E-state index is 0.188. The Bertz CT molecular complexity index is 594. The molecule has 2 rings (SSSR count). The van der Waals surface area contributed by atoms with Crippen molar-refractivity contribution in [1.82, 2.24) is 20.1 Å². The minimum absolute atomic E-state index is 0.188. The first-order valence-electron chi connectivity index (χ1n) is 6.37. The molecule has 0 spiro atoms. The van der Waals surface area contributed by atoms with Gasteiger partial charge in [-0.1, -0.05) is 19.1 Å². The standard InChI is InChI=1S/C14H17N5/c1-3-6-16-9-12-4-5-13(11(2)7-12)19-10-17-14(8-15)18-19/h4-5,7,10,16H,3,6,9H2,1-2H3. The number of nitrogens with zero attached hydrogens (tertiary/aromatic N) is 4. The molecule has 5 heteroatoms. The predicted octanol–water partition coefficient (Wildman–Crippen LogP) is 1.95. The highest BCUT2D eigenvalue weighted by Gasteiger charge is 2.05. The third-order valence-corrected chi connectivity index (χ3v) is 2.86. The van der Waals surface area contributed by atoms with E-state index in [4.69, 9.17) is 5.26 Å². The van der Waals surface area contributed by atoms with Crippen LogP contribution in [0.4, 0.5) is 0 Å². The van der Waals surface area contributed by atoms with Gasteiger partial charge >= 0.3 is 0 Å². The number of rotatable bonds is 5. The first kappa shape index (κ1) is 13.2. The van der Waals surface area contributed by atoms with Gasteiger partial charge < -0.3 is 5.32 Å². The highest BCUT2D eigenvalue weighted by molar-refractivity contribution is 5.42. The molecule has 1 aromatic heterocycles. The second-order valence-corrected chi connectivity index (χ2v) is 4.42. The lowest BCUT2D eigenvalue weighted by Gasteiger charge is -2.08. The maximum atomic E-state index is 8.74. The fourth-order valence-corrected chi connectivity index (χ4v) is 1.92. The molecule has 0 bridgehead atoms. The summed E-state index contributed by atoms with van der Waals surface area (Å²) in [5, 5.41) is 16.2. The number of hydrogen-bond donors (Lipinski definition) is 1. The Morgan fingerprint density at radius 2 is 2.26 bits per heavy atom. The summed E-state index contributed by atoms with van der Waals surface area (Å²) in [6.07, 6.45) is 2.70. The third-order valence-electron chi connectivity index (χ3n) is 2.86. The average molecular weight is 255 g/mol. The van der Waals surface area contributed by atoms with Crippen molar-refractivity contribution in [3.05, 3.63) is 41.5 Å². The molecule has 19 heavy (non-hydrogen) atoms. The molecule has 0 fully saturated rings. The largest absolute Gasteiger partial charge is 0.313 e. The zero-order valence-electron chi connectivity index (χ0n) is 11.2. The number of aryl methyl sites for hydroxylation is 1. The first-order chi connectivity index (χ1) is 9.24. The summed E-state index contributed by atoms with van der Waals surface area (Å²) >= 11 is 0. The van der Waals surface area contributed by atoms with E-state index in [9.17, 15) is 0 Å². The number of benzene rings is 1. The quantitative estimate of drug-likeness (QED) is 0.829. The van der Waals surface area contributed by atoms with Crippen molar-refractivity contribution >= 4 is 0 Å². The van der Waals surface area contributed by atoms with Gasteiger partial charge in [0.05, 0.1) is 5.69 Å². The Morgan fingerprint density at radius 1 is 1.42 bits per heavy atom. The summed E-state index contributed by atoms with van der Waals surface area (Å²) in [5.41, 5.74) is 3.31. The molecule has 0 saturated carbocycles. The Morgan fingerprint density at radius 3 is 2.89 bits per heavy atom. The zero-order valence-corrected chi connectivity index (χ0v) is 11.2. The lowest BCUT2D eigenvalue weighted by Crippen LogP contribution is -2.14. The van der Waals surface area contributed by atoms with Gasteiger partial charge in [0.2, 0.25) is 0 Å². The molecule has 0 amide bonds. The van der Waals surface area contributed by atoms with E-state index in [1.807, 2.05) is 19.1 Å². The Kier molecular flexibility index (Phi) is 4.26. The van der Waals surface area contributed by atoms with Crippen LogP contribution in [-0.4, -0.2) is 21.3 Å².